The third-order valence-electron chi connectivity index (χ3n) is 4.87. The van der Waals surface area contributed by atoms with Crippen LogP contribution in [0, 0.1) is 0 Å². The molecule has 26 heavy (non-hydrogen) atoms. The summed E-state index contributed by atoms with van der Waals surface area (Å²) in [4.78, 5) is 2.40. The minimum atomic E-state index is 0.235. The summed E-state index contributed by atoms with van der Waals surface area (Å²) in [7, 11) is 3.40. The molecule has 0 aliphatic carbocycles. The molecule has 0 radical (unpaired) electrons. The Hall–Kier alpha value is -2.24. The Morgan fingerprint density at radius 2 is 1.85 bits per heavy atom. The van der Waals surface area contributed by atoms with E-state index in [0.29, 0.717) is 0 Å². The van der Waals surface area contributed by atoms with E-state index in [4.69, 9.17) is 14.2 Å². The fourth-order valence-electron chi connectivity index (χ4n) is 3.29. The van der Waals surface area contributed by atoms with E-state index in [1.54, 1.807) is 14.2 Å². The fourth-order valence-corrected chi connectivity index (χ4v) is 3.29. The third-order valence-corrected chi connectivity index (χ3v) is 4.87. The van der Waals surface area contributed by atoms with Gasteiger partial charge < -0.3 is 24.4 Å². The molecule has 0 aromatic heterocycles. The van der Waals surface area contributed by atoms with Crippen molar-refractivity contribution in [2.24, 2.45) is 0 Å². The predicted molar refractivity (Wildman–Crippen MR) is 104 cm³/mol. The molecule has 2 aromatic rings. The first-order chi connectivity index (χ1) is 12.7. The van der Waals surface area contributed by atoms with Gasteiger partial charge in [0.1, 0.15) is 11.5 Å². The lowest BCUT2D eigenvalue weighted by Gasteiger charge is -2.38. The molecule has 1 saturated heterocycles. The molecule has 2 atom stereocenters. The summed E-state index contributed by atoms with van der Waals surface area (Å²) in [6.45, 7) is 5.37. The topological polar surface area (TPSA) is 43.0 Å². The fraction of sp³-hybridized carbons (Fsp3) is 0.429. The molecule has 1 fully saturated rings. The quantitative estimate of drug-likeness (QED) is 0.825. The second-order valence-electron chi connectivity index (χ2n) is 6.53. The summed E-state index contributed by atoms with van der Waals surface area (Å²) in [5, 5.41) is 3.64. The highest BCUT2D eigenvalue weighted by Crippen LogP contribution is 2.25. The highest BCUT2D eigenvalue weighted by atomic mass is 16.5. The number of methoxy groups -OCH3 is 2. The van der Waals surface area contributed by atoms with Gasteiger partial charge in [-0.3, -0.25) is 0 Å². The number of rotatable bonds is 7. The number of benzene rings is 2. The minimum Gasteiger partial charge on any atom is -0.497 e. The number of nitrogens with zero attached hydrogens (tertiary/aromatic N) is 1. The lowest BCUT2D eigenvalue weighted by atomic mass is 10.1. The summed E-state index contributed by atoms with van der Waals surface area (Å²) >= 11 is 0. The summed E-state index contributed by atoms with van der Waals surface area (Å²) in [5.74, 6) is 1.76. The number of hydrogen-bond acceptors (Lipinski definition) is 5. The van der Waals surface area contributed by atoms with Crippen molar-refractivity contribution in [3.8, 4) is 11.5 Å². The van der Waals surface area contributed by atoms with Gasteiger partial charge in [0.25, 0.3) is 0 Å². The van der Waals surface area contributed by atoms with Gasteiger partial charge in [-0.25, -0.2) is 0 Å². The largest absolute Gasteiger partial charge is 0.497 e. The molecular weight excluding hydrogens is 328 g/mol. The first-order valence-electron chi connectivity index (χ1n) is 9.07. The van der Waals surface area contributed by atoms with Crippen LogP contribution in [-0.2, 0) is 4.74 Å². The van der Waals surface area contributed by atoms with Crippen LogP contribution < -0.4 is 19.7 Å². The molecule has 140 valence electrons. The molecule has 2 aromatic carbocycles. The second kappa shape index (κ2) is 8.92. The molecule has 0 saturated carbocycles. The van der Waals surface area contributed by atoms with Gasteiger partial charge in [0.15, 0.2) is 0 Å². The van der Waals surface area contributed by atoms with E-state index in [1.807, 2.05) is 24.3 Å². The van der Waals surface area contributed by atoms with Crippen molar-refractivity contribution in [3.63, 3.8) is 0 Å². The van der Waals surface area contributed by atoms with Crippen LogP contribution in [0.1, 0.15) is 18.5 Å². The van der Waals surface area contributed by atoms with Crippen LogP contribution in [0.15, 0.2) is 48.5 Å². The molecule has 5 nitrogen and oxygen atoms in total. The number of nitrogens with one attached hydrogen (secondary N) is 1. The molecule has 0 amide bonds. The van der Waals surface area contributed by atoms with Gasteiger partial charge in [0.05, 0.1) is 33.5 Å². The van der Waals surface area contributed by atoms with E-state index in [-0.39, 0.29) is 12.1 Å². The highest BCUT2D eigenvalue weighted by Gasteiger charge is 2.24. The van der Waals surface area contributed by atoms with Crippen LogP contribution in [0.4, 0.5) is 5.69 Å². The van der Waals surface area contributed by atoms with Crippen LogP contribution in [0.3, 0.4) is 0 Å². The molecular formula is C21H28N2O3. The van der Waals surface area contributed by atoms with Gasteiger partial charge in [-0.05, 0) is 36.8 Å². The van der Waals surface area contributed by atoms with Gasteiger partial charge in [-0.1, -0.05) is 18.2 Å². The van der Waals surface area contributed by atoms with E-state index in [9.17, 15) is 0 Å². The standard InChI is InChI=1S/C21H28N2O3/c1-16(17-6-4-8-20(12-17)24-2)22-14-19-15-26-11-10-23(19)18-7-5-9-21(13-18)25-3/h4-9,12-13,16,19,22H,10-11,14-15H2,1-3H3. The lowest BCUT2D eigenvalue weighted by Crippen LogP contribution is -2.50. The summed E-state index contributed by atoms with van der Waals surface area (Å²) < 4.78 is 16.4. The van der Waals surface area contributed by atoms with Crippen molar-refractivity contribution in [1.82, 2.24) is 5.32 Å². The number of anilines is 1. The molecule has 5 heteroatoms. The summed E-state index contributed by atoms with van der Waals surface area (Å²) in [6, 6.07) is 16.9. The van der Waals surface area contributed by atoms with E-state index in [2.05, 4.69) is 41.4 Å². The van der Waals surface area contributed by atoms with Crippen molar-refractivity contribution in [2.45, 2.75) is 19.0 Å². The average Bonchev–Trinajstić information content (AvgIpc) is 2.72. The number of morpholine rings is 1. The normalized spacial score (nSPS) is 18.4. The van der Waals surface area contributed by atoms with Crippen molar-refractivity contribution in [3.05, 3.63) is 54.1 Å². The Balaban J connectivity index is 1.66. The van der Waals surface area contributed by atoms with Crippen LogP contribution in [0.25, 0.3) is 0 Å². The predicted octanol–water partition coefficient (Wildman–Crippen LogP) is 3.26. The monoisotopic (exact) mass is 356 g/mol. The van der Waals surface area contributed by atoms with E-state index in [0.717, 1.165) is 37.8 Å². The summed E-state index contributed by atoms with van der Waals surface area (Å²) in [5.41, 5.74) is 2.39. The van der Waals surface area contributed by atoms with Crippen molar-refractivity contribution >= 4 is 5.69 Å². The maximum Gasteiger partial charge on any atom is 0.120 e. The van der Waals surface area contributed by atoms with E-state index < -0.39 is 0 Å². The molecule has 0 spiro atoms. The SMILES string of the molecule is COc1cccc(C(C)NCC2COCCN2c2cccc(OC)c2)c1. The molecule has 0 bridgehead atoms. The maximum absolute atomic E-state index is 5.73. The molecule has 1 N–H and O–H groups in total. The van der Waals surface area contributed by atoms with Crippen LogP contribution in [-0.4, -0.2) is 46.6 Å². The Morgan fingerprint density at radius 1 is 1.12 bits per heavy atom. The Bertz CT molecular complexity index is 707. The minimum absolute atomic E-state index is 0.235. The molecule has 2 unspecified atom stereocenters. The molecule has 1 aliphatic rings. The van der Waals surface area contributed by atoms with Crippen LogP contribution in [0.2, 0.25) is 0 Å². The first-order valence-corrected chi connectivity index (χ1v) is 9.07. The number of ether oxygens (including phenoxy) is 3. The lowest BCUT2D eigenvalue weighted by molar-refractivity contribution is 0.0930. The summed E-state index contributed by atoms with van der Waals surface area (Å²) in [6.07, 6.45) is 0. The molecule has 1 heterocycles. The Kier molecular flexibility index (Phi) is 6.36. The Morgan fingerprint density at radius 3 is 2.62 bits per heavy atom. The highest BCUT2D eigenvalue weighted by molar-refractivity contribution is 5.52. The van der Waals surface area contributed by atoms with Gasteiger partial charge in [0, 0.05) is 30.9 Å². The van der Waals surface area contributed by atoms with Crippen LogP contribution in [0.5, 0.6) is 11.5 Å². The Labute approximate surface area is 155 Å². The van der Waals surface area contributed by atoms with Gasteiger partial charge in [-0.2, -0.15) is 0 Å². The zero-order chi connectivity index (χ0) is 18.4. The van der Waals surface area contributed by atoms with E-state index >= 15 is 0 Å². The molecule has 3 rings (SSSR count). The second-order valence-corrected chi connectivity index (χ2v) is 6.53. The molecule has 1 aliphatic heterocycles. The first kappa shape index (κ1) is 18.5. The van der Waals surface area contributed by atoms with Crippen molar-refractivity contribution in [1.29, 1.82) is 0 Å². The number of hydrogen-bond donors (Lipinski definition) is 1. The van der Waals surface area contributed by atoms with Gasteiger partial charge in [0.2, 0.25) is 0 Å². The van der Waals surface area contributed by atoms with Crippen molar-refractivity contribution < 1.29 is 14.2 Å². The van der Waals surface area contributed by atoms with Crippen LogP contribution >= 0.6 is 0 Å². The maximum atomic E-state index is 5.73. The van der Waals surface area contributed by atoms with Crippen molar-refractivity contribution in [2.75, 3.05) is 45.4 Å². The van der Waals surface area contributed by atoms with Gasteiger partial charge >= 0.3 is 0 Å². The van der Waals surface area contributed by atoms with E-state index in [1.165, 1.54) is 11.3 Å². The average molecular weight is 356 g/mol. The third kappa shape index (κ3) is 4.48. The van der Waals surface area contributed by atoms with Gasteiger partial charge in [-0.15, -0.1) is 0 Å². The smallest absolute Gasteiger partial charge is 0.120 e. The zero-order valence-electron chi connectivity index (χ0n) is 15.8. The zero-order valence-corrected chi connectivity index (χ0v) is 15.8.